The number of hydrogen-bond acceptors (Lipinski definition) is 5. The molecule has 0 radical (unpaired) electrons. The van der Waals surface area contributed by atoms with Gasteiger partial charge in [0.05, 0.1) is 30.2 Å². The smallest absolute Gasteiger partial charge is 0.291 e. The van der Waals surface area contributed by atoms with Crippen molar-refractivity contribution in [1.82, 2.24) is 4.90 Å². The molecule has 172 valence electrons. The maximum atomic E-state index is 13.7. The van der Waals surface area contributed by atoms with Crippen LogP contribution >= 0.6 is 0 Å². The summed E-state index contributed by atoms with van der Waals surface area (Å²) in [7, 11) is 0. The molecule has 1 amide bonds. The van der Waals surface area contributed by atoms with Crippen LogP contribution in [0, 0.1) is 13.8 Å². The molecular formula is C27H29NO5. The average Bonchev–Trinajstić information content (AvgIpc) is 3.06. The second-order valence-corrected chi connectivity index (χ2v) is 8.27. The lowest BCUT2D eigenvalue weighted by Gasteiger charge is -2.24. The van der Waals surface area contributed by atoms with Crippen molar-refractivity contribution in [3.8, 4) is 11.5 Å². The first-order valence-corrected chi connectivity index (χ1v) is 11.3. The van der Waals surface area contributed by atoms with Crippen molar-refractivity contribution in [1.29, 1.82) is 0 Å². The summed E-state index contributed by atoms with van der Waals surface area (Å²) in [6, 6.07) is 8.72. The van der Waals surface area contributed by atoms with Crippen LogP contribution in [0.15, 0.2) is 52.2 Å². The Labute approximate surface area is 193 Å². The molecule has 1 aromatic heterocycles. The van der Waals surface area contributed by atoms with Crippen LogP contribution in [0.2, 0.25) is 0 Å². The molecule has 0 saturated heterocycles. The van der Waals surface area contributed by atoms with E-state index in [1.165, 1.54) is 0 Å². The van der Waals surface area contributed by atoms with Crippen molar-refractivity contribution in [3.63, 3.8) is 0 Å². The molecule has 1 atom stereocenters. The van der Waals surface area contributed by atoms with Crippen LogP contribution < -0.4 is 14.9 Å². The Bertz CT molecular complexity index is 1290. The number of carbonyl (C=O) groups is 1. The second kappa shape index (κ2) is 9.14. The van der Waals surface area contributed by atoms with Gasteiger partial charge in [0.2, 0.25) is 5.76 Å². The van der Waals surface area contributed by atoms with E-state index in [2.05, 4.69) is 6.58 Å². The molecular weight excluding hydrogens is 418 g/mol. The van der Waals surface area contributed by atoms with Gasteiger partial charge in [-0.1, -0.05) is 25.1 Å². The predicted molar refractivity (Wildman–Crippen MR) is 128 cm³/mol. The standard InChI is InChI=1S/C27H29NO5/c1-6-11-28-23(18-9-10-20(32-12-7-2)21(15-18)31-8-3)22-24(29)19-14-16(4)13-17(5)25(19)33-26(22)27(28)30/h6,9-10,13-15,23H,1,7-8,11-12H2,2-5H3. The van der Waals surface area contributed by atoms with Gasteiger partial charge in [-0.2, -0.15) is 0 Å². The summed E-state index contributed by atoms with van der Waals surface area (Å²) in [5, 5.41) is 0.484. The lowest BCUT2D eigenvalue weighted by Crippen LogP contribution is -2.29. The number of ether oxygens (including phenoxy) is 2. The van der Waals surface area contributed by atoms with Crippen molar-refractivity contribution >= 4 is 16.9 Å². The van der Waals surface area contributed by atoms with Gasteiger partial charge in [0.1, 0.15) is 5.58 Å². The quantitative estimate of drug-likeness (QED) is 0.437. The number of carbonyl (C=O) groups excluding carboxylic acids is 1. The third kappa shape index (κ3) is 3.90. The fourth-order valence-electron chi connectivity index (χ4n) is 4.44. The van der Waals surface area contributed by atoms with Crippen molar-refractivity contribution in [2.24, 2.45) is 0 Å². The Morgan fingerprint density at radius 2 is 1.88 bits per heavy atom. The molecule has 1 aliphatic heterocycles. The Balaban J connectivity index is 1.94. The van der Waals surface area contributed by atoms with Gasteiger partial charge in [0, 0.05) is 6.54 Å². The number of fused-ring (bicyclic) bond motifs is 2. The maximum absolute atomic E-state index is 13.7. The van der Waals surface area contributed by atoms with Crippen LogP contribution in [0.4, 0.5) is 0 Å². The van der Waals surface area contributed by atoms with Crippen molar-refractivity contribution in [2.75, 3.05) is 19.8 Å². The molecule has 0 saturated carbocycles. The second-order valence-electron chi connectivity index (χ2n) is 8.27. The van der Waals surface area contributed by atoms with E-state index in [0.717, 1.165) is 23.1 Å². The van der Waals surface area contributed by atoms with Crippen LogP contribution in [0.25, 0.3) is 11.0 Å². The van der Waals surface area contributed by atoms with E-state index in [1.54, 1.807) is 11.0 Å². The zero-order chi connectivity index (χ0) is 23.7. The monoisotopic (exact) mass is 447 g/mol. The van der Waals surface area contributed by atoms with Gasteiger partial charge in [-0.25, -0.2) is 0 Å². The van der Waals surface area contributed by atoms with E-state index >= 15 is 0 Å². The number of rotatable bonds is 8. The lowest BCUT2D eigenvalue weighted by molar-refractivity contribution is 0.0748. The Kier molecular flexibility index (Phi) is 6.27. The molecule has 1 aliphatic rings. The topological polar surface area (TPSA) is 69.0 Å². The van der Waals surface area contributed by atoms with Gasteiger partial charge >= 0.3 is 0 Å². The van der Waals surface area contributed by atoms with Gasteiger partial charge < -0.3 is 18.8 Å². The van der Waals surface area contributed by atoms with Gasteiger partial charge in [0.15, 0.2) is 16.9 Å². The summed E-state index contributed by atoms with van der Waals surface area (Å²) in [5.41, 5.74) is 3.17. The summed E-state index contributed by atoms with van der Waals surface area (Å²) in [5.74, 6) is 0.993. The number of amides is 1. The molecule has 0 spiro atoms. The minimum absolute atomic E-state index is 0.0931. The van der Waals surface area contributed by atoms with Gasteiger partial charge in [-0.15, -0.1) is 6.58 Å². The van der Waals surface area contributed by atoms with E-state index in [4.69, 9.17) is 13.9 Å². The first kappa shape index (κ1) is 22.6. The molecule has 3 aromatic rings. The minimum Gasteiger partial charge on any atom is -0.490 e. The van der Waals surface area contributed by atoms with Gasteiger partial charge in [0.25, 0.3) is 5.91 Å². The zero-order valence-electron chi connectivity index (χ0n) is 19.6. The molecule has 0 aliphatic carbocycles. The third-order valence-electron chi connectivity index (χ3n) is 5.77. The van der Waals surface area contributed by atoms with Crippen molar-refractivity contribution in [2.45, 2.75) is 40.2 Å². The number of benzene rings is 2. The Morgan fingerprint density at radius 1 is 1.09 bits per heavy atom. The summed E-state index contributed by atoms with van der Waals surface area (Å²) in [6.07, 6.45) is 2.52. The first-order valence-electron chi connectivity index (χ1n) is 11.3. The summed E-state index contributed by atoms with van der Waals surface area (Å²) < 4.78 is 17.7. The van der Waals surface area contributed by atoms with Crippen LogP contribution in [-0.2, 0) is 0 Å². The van der Waals surface area contributed by atoms with Crippen molar-refractivity contribution < 1.29 is 18.7 Å². The third-order valence-corrected chi connectivity index (χ3v) is 5.77. The van der Waals surface area contributed by atoms with Crippen LogP contribution in [-0.4, -0.2) is 30.6 Å². The molecule has 33 heavy (non-hydrogen) atoms. The summed E-state index contributed by atoms with van der Waals surface area (Å²) in [4.78, 5) is 28.7. The summed E-state index contributed by atoms with van der Waals surface area (Å²) >= 11 is 0. The number of aryl methyl sites for hydroxylation is 2. The van der Waals surface area contributed by atoms with E-state index in [-0.39, 0.29) is 23.6 Å². The molecule has 0 bridgehead atoms. The fourth-order valence-corrected chi connectivity index (χ4v) is 4.44. The van der Waals surface area contributed by atoms with Crippen LogP contribution in [0.3, 0.4) is 0 Å². The summed E-state index contributed by atoms with van der Waals surface area (Å²) in [6.45, 7) is 12.9. The largest absolute Gasteiger partial charge is 0.490 e. The zero-order valence-corrected chi connectivity index (χ0v) is 19.6. The first-order chi connectivity index (χ1) is 15.9. The molecule has 6 heteroatoms. The fraction of sp³-hybridized carbons (Fsp3) is 0.333. The lowest BCUT2D eigenvalue weighted by atomic mass is 9.97. The molecule has 0 N–H and O–H groups in total. The highest BCUT2D eigenvalue weighted by Crippen LogP contribution is 2.41. The van der Waals surface area contributed by atoms with Gasteiger partial charge in [-0.3, -0.25) is 9.59 Å². The SMILES string of the molecule is C=CCN1C(=O)c2oc3c(C)cc(C)cc3c(=O)c2C1c1ccc(OCCC)c(OCC)c1. The minimum atomic E-state index is -0.605. The highest BCUT2D eigenvalue weighted by Gasteiger charge is 2.42. The molecule has 2 aromatic carbocycles. The van der Waals surface area contributed by atoms with Crippen LogP contribution in [0.1, 0.15) is 59.1 Å². The van der Waals surface area contributed by atoms with Crippen molar-refractivity contribution in [3.05, 3.63) is 81.2 Å². The van der Waals surface area contributed by atoms with Crippen LogP contribution in [0.5, 0.6) is 11.5 Å². The van der Waals surface area contributed by atoms with Gasteiger partial charge in [-0.05, 0) is 62.1 Å². The highest BCUT2D eigenvalue weighted by molar-refractivity contribution is 5.99. The Hall–Kier alpha value is -3.54. The number of hydrogen-bond donors (Lipinski definition) is 0. The Morgan fingerprint density at radius 3 is 2.58 bits per heavy atom. The number of nitrogens with zero attached hydrogens (tertiary/aromatic N) is 1. The molecule has 0 fully saturated rings. The maximum Gasteiger partial charge on any atom is 0.291 e. The highest BCUT2D eigenvalue weighted by atomic mass is 16.5. The molecule has 1 unspecified atom stereocenters. The van der Waals surface area contributed by atoms with E-state index < -0.39 is 6.04 Å². The van der Waals surface area contributed by atoms with E-state index in [1.807, 2.05) is 58.0 Å². The predicted octanol–water partition coefficient (Wildman–Crippen LogP) is 5.33. The molecule has 2 heterocycles. The van der Waals surface area contributed by atoms with E-state index in [0.29, 0.717) is 41.2 Å². The molecule has 6 nitrogen and oxygen atoms in total. The molecule has 4 rings (SSSR count). The van der Waals surface area contributed by atoms with E-state index in [9.17, 15) is 9.59 Å². The normalized spacial score (nSPS) is 15.1. The average molecular weight is 448 g/mol.